The molecule has 14 amide bonds. The van der Waals surface area contributed by atoms with Gasteiger partial charge in [0.25, 0.3) is 0 Å². The van der Waals surface area contributed by atoms with E-state index in [-0.39, 0.29) is 45.9 Å². The van der Waals surface area contributed by atoms with Crippen LogP contribution in [0.4, 0.5) is 24.0 Å². The summed E-state index contributed by atoms with van der Waals surface area (Å²) in [5, 5.41) is 101. The zero-order valence-electron chi connectivity index (χ0n) is 71.9. The van der Waals surface area contributed by atoms with E-state index in [1.54, 1.807) is 196 Å². The predicted octanol–water partition coefficient (Wildman–Crippen LogP) is 1.09. The van der Waals surface area contributed by atoms with Crippen LogP contribution in [0.1, 0.15) is 99.6 Å². The molecule has 0 spiro atoms. The summed E-state index contributed by atoms with van der Waals surface area (Å²) in [5.41, 5.74) is 3.42. The third kappa shape index (κ3) is 38.3. The van der Waals surface area contributed by atoms with Crippen molar-refractivity contribution in [3.63, 3.8) is 0 Å². The van der Waals surface area contributed by atoms with Crippen molar-refractivity contribution in [1.29, 1.82) is 21.6 Å². The number of guanidine groups is 4. The van der Waals surface area contributed by atoms with Gasteiger partial charge in [-0.2, -0.15) is 0 Å². The molecule has 6 aromatic carbocycles. The van der Waals surface area contributed by atoms with E-state index in [9.17, 15) is 48.6 Å². The van der Waals surface area contributed by atoms with Crippen molar-refractivity contribution in [2.45, 2.75) is 172 Å². The highest BCUT2D eigenvalue weighted by molar-refractivity contribution is 6.00. The molecule has 0 aliphatic carbocycles. The summed E-state index contributed by atoms with van der Waals surface area (Å²) in [4.78, 5) is 201. The molecule has 1 fully saturated rings. The van der Waals surface area contributed by atoms with E-state index in [0.717, 1.165) is 13.8 Å². The van der Waals surface area contributed by atoms with Crippen molar-refractivity contribution in [1.82, 2.24) is 95.7 Å². The van der Waals surface area contributed by atoms with Crippen LogP contribution in [-0.4, -0.2) is 217 Å². The van der Waals surface area contributed by atoms with Crippen molar-refractivity contribution in [2.75, 3.05) is 32.7 Å². The Balaban J connectivity index is 1.27. The Morgan fingerprint density at radius 2 is 0.692 bits per heavy atom. The van der Waals surface area contributed by atoms with Gasteiger partial charge in [0, 0.05) is 39.1 Å². The quantitative estimate of drug-likeness (QED) is 0.0156. The van der Waals surface area contributed by atoms with E-state index in [0.29, 0.717) is 33.4 Å². The molecule has 24 N–H and O–H groups in total. The summed E-state index contributed by atoms with van der Waals surface area (Å²) in [6, 6.07) is 34.2. The molecule has 1 aliphatic heterocycles. The minimum absolute atomic E-state index is 0.177. The number of nitrogens with one attached hydrogen (secondary N) is 22. The number of carbonyl (C=O) groups is 14. The first kappa shape index (κ1) is 102. The van der Waals surface area contributed by atoms with Gasteiger partial charge in [-0.25, -0.2) is 24.0 Å². The SMILES string of the molecule is CC(C)C[C@@H]1NC(=O)[C@H](Cc2ccccc2)NC(=O)[C@H](CCNC(=N)NC(=O)OCc2ccccc2)NC(=O)[C@@H](NC(=O)[C@H](CCNC(=N)NC(=O)OCc2ccccc2)NC(=O)[C@@H](NC(=O)OCc2ccccc2)[C@@H](C)O)CCNC(=O)[C@@H]([C@@H](C)O)NC(=O)[C@H](CCNC(=N)NC(=O)OCc2ccccc2)NC(=O)[C@H](CCNC(=N)NC(=O)OCc2ccccc2)NC1=O. The van der Waals surface area contributed by atoms with Gasteiger partial charge in [-0.05, 0) is 91.7 Å². The topological polar surface area (TPSA) is 638 Å². The molecule has 0 saturated carbocycles. The Kier molecular flexibility index (Phi) is 42.7. The lowest BCUT2D eigenvalue weighted by atomic mass is 10.00. The van der Waals surface area contributed by atoms with Crippen LogP contribution in [0.3, 0.4) is 0 Å². The molecule has 0 bridgehead atoms. The molecule has 696 valence electrons. The second kappa shape index (κ2) is 54.6. The maximum absolute atomic E-state index is 15.5. The van der Waals surface area contributed by atoms with Gasteiger partial charge in [0.1, 0.15) is 87.4 Å². The first-order chi connectivity index (χ1) is 62.3. The molecule has 11 atom stereocenters. The summed E-state index contributed by atoms with van der Waals surface area (Å²) in [7, 11) is 0. The van der Waals surface area contributed by atoms with Crippen LogP contribution in [0.5, 0.6) is 0 Å². The Morgan fingerprint density at radius 3 is 1.05 bits per heavy atom. The lowest BCUT2D eigenvalue weighted by Gasteiger charge is -2.29. The predicted molar refractivity (Wildman–Crippen MR) is 470 cm³/mol. The van der Waals surface area contributed by atoms with E-state index in [4.69, 9.17) is 45.3 Å². The maximum atomic E-state index is 15.5. The highest BCUT2D eigenvalue weighted by Crippen LogP contribution is 2.14. The average Bonchev–Trinajstić information content (AvgIpc) is 1.15. The number of alkyl carbamates (subject to hydrolysis) is 5. The number of amides is 14. The second-order valence-corrected chi connectivity index (χ2v) is 30.1. The van der Waals surface area contributed by atoms with Crippen LogP contribution in [0.15, 0.2) is 182 Å². The zero-order chi connectivity index (χ0) is 94.3. The largest absolute Gasteiger partial charge is 0.445 e. The van der Waals surface area contributed by atoms with Gasteiger partial charge in [0.15, 0.2) is 23.8 Å². The average molecular weight is 1800 g/mol. The number of hydrogen-bond acceptors (Lipinski definition) is 25. The second-order valence-electron chi connectivity index (χ2n) is 30.1. The number of benzene rings is 6. The lowest BCUT2D eigenvalue weighted by Crippen LogP contribution is -2.61. The summed E-state index contributed by atoms with van der Waals surface area (Å²) in [6.45, 7) is 2.06. The molecule has 1 heterocycles. The number of hydrogen-bond donors (Lipinski definition) is 24. The standard InChI is InChI=1S/C87H112N22O21/c1-52(2)45-66-75(117)100-62(36-41-93-79(88)106-84(122)127-48-57-27-15-7-16-28-57)71(113)99-65(39-44-96-82(91)109-87(125)130-51-60-33-21-10-22-34-60)74(116)104-68(53(3)110)77(119)92-40-35-61(70(112)98-63(73(115)103-67(76(118)102-66)46-55-23-11-5-12-24-55)37-42-94-80(89)107-85(123)128-49-58-29-17-8-18-30-58)97-72(114)64(38-43-95-81(90)108-86(124)129-50-59-31-19-9-20-32-59)101-78(120)69(54(4)111)105-83(121)126-47-56-25-13-6-14-26-56/h5-34,52-54,61-69,110-111H,35-51H2,1-4H3,(H,92,119)(H,97,114)(H,98,112)(H,99,113)(H,100,117)(H,101,120)(H,102,118)(H,103,115)(H,104,116)(H,105,121)(H3,88,93,106,122)(H3,89,94,107,123)(H3,90,95,108,124)(H3,91,96,109,125)/t53-,54-,61+,62+,63+,64+,65+,66+,67+,68-,69+/m1/s1. The first-order valence-electron chi connectivity index (χ1n) is 41.6. The zero-order valence-corrected chi connectivity index (χ0v) is 71.9. The van der Waals surface area contributed by atoms with Crippen LogP contribution in [0.2, 0.25) is 0 Å². The molecule has 0 radical (unpaired) electrons. The molecule has 7 rings (SSSR count). The summed E-state index contributed by atoms with van der Waals surface area (Å²) < 4.78 is 26.3. The van der Waals surface area contributed by atoms with E-state index in [1.807, 2.05) is 0 Å². The molecular weight excluding hydrogens is 1690 g/mol. The smallest absolute Gasteiger partial charge is 0.414 e. The Hall–Kier alpha value is -15.3. The molecular formula is C87H112N22O21. The fourth-order valence-corrected chi connectivity index (χ4v) is 12.4. The molecule has 130 heavy (non-hydrogen) atoms. The van der Waals surface area contributed by atoms with Crippen molar-refractivity contribution in [3.05, 3.63) is 215 Å². The van der Waals surface area contributed by atoms with Gasteiger partial charge < -0.3 is 108 Å². The van der Waals surface area contributed by atoms with Crippen molar-refractivity contribution in [3.8, 4) is 0 Å². The summed E-state index contributed by atoms with van der Waals surface area (Å²) in [6.07, 6.45) is -12.4. The van der Waals surface area contributed by atoms with Gasteiger partial charge in [-0.1, -0.05) is 196 Å². The van der Waals surface area contributed by atoms with Gasteiger partial charge in [-0.3, -0.25) is 86.1 Å². The van der Waals surface area contributed by atoms with Crippen LogP contribution in [-0.2, 0) is 106 Å². The highest BCUT2D eigenvalue weighted by Gasteiger charge is 2.38. The van der Waals surface area contributed by atoms with Gasteiger partial charge in [0.2, 0.25) is 53.2 Å². The molecule has 1 saturated heterocycles. The summed E-state index contributed by atoms with van der Waals surface area (Å²) in [5.74, 6) is -13.6. The van der Waals surface area contributed by atoms with Gasteiger partial charge in [0.05, 0.1) is 12.2 Å². The van der Waals surface area contributed by atoms with Crippen molar-refractivity contribution < 1.29 is 101 Å². The Labute approximate surface area is 748 Å². The third-order valence-corrected chi connectivity index (χ3v) is 19.2. The highest BCUT2D eigenvalue weighted by atomic mass is 16.6. The van der Waals surface area contributed by atoms with Gasteiger partial charge >= 0.3 is 30.5 Å². The van der Waals surface area contributed by atoms with Gasteiger partial charge in [-0.15, -0.1) is 0 Å². The maximum Gasteiger partial charge on any atom is 0.414 e. The molecule has 43 nitrogen and oxygen atoms in total. The monoisotopic (exact) mass is 1800 g/mol. The fraction of sp³-hybridized carbons (Fsp3) is 0.379. The number of ether oxygens (including phenoxy) is 5. The fourth-order valence-electron chi connectivity index (χ4n) is 12.4. The number of carbonyl (C=O) groups excluding carboxylic acids is 14. The Bertz CT molecular complexity index is 4780. The van der Waals surface area contributed by atoms with E-state index < -0.39 is 245 Å². The molecule has 6 aromatic rings. The van der Waals surface area contributed by atoms with Crippen LogP contribution in [0.25, 0.3) is 0 Å². The van der Waals surface area contributed by atoms with E-state index >= 15 is 28.8 Å². The van der Waals surface area contributed by atoms with Crippen LogP contribution in [0, 0.1) is 27.6 Å². The van der Waals surface area contributed by atoms with Crippen LogP contribution < -0.4 is 95.7 Å². The van der Waals surface area contributed by atoms with E-state index in [2.05, 4.69) is 95.7 Å². The Morgan fingerprint density at radius 1 is 0.377 bits per heavy atom. The normalized spacial score (nSPS) is 17.8. The molecule has 1 aliphatic rings. The molecule has 43 heteroatoms. The lowest BCUT2D eigenvalue weighted by molar-refractivity contribution is -0.136. The number of rotatable bonds is 33. The molecule has 0 unspecified atom stereocenters. The third-order valence-electron chi connectivity index (χ3n) is 19.2. The first-order valence-corrected chi connectivity index (χ1v) is 41.6. The van der Waals surface area contributed by atoms with Crippen LogP contribution >= 0.6 is 0 Å². The van der Waals surface area contributed by atoms with Crippen molar-refractivity contribution >= 4 is 107 Å². The number of aliphatic hydroxyl groups is 2. The van der Waals surface area contributed by atoms with E-state index in [1.165, 1.54) is 0 Å². The minimum Gasteiger partial charge on any atom is -0.445 e. The van der Waals surface area contributed by atoms with Crippen molar-refractivity contribution in [2.24, 2.45) is 5.92 Å². The number of aliphatic hydroxyl groups excluding tert-OH is 2. The molecule has 0 aromatic heterocycles. The summed E-state index contributed by atoms with van der Waals surface area (Å²) >= 11 is 0. The minimum atomic E-state index is -1.99.